The molecule has 206 valence electrons. The Kier molecular flexibility index (Phi) is 11.2. The van der Waals surface area contributed by atoms with E-state index in [1.54, 1.807) is 6.92 Å². The van der Waals surface area contributed by atoms with Crippen molar-refractivity contribution in [2.24, 2.45) is 11.8 Å². The van der Waals surface area contributed by atoms with Gasteiger partial charge in [0.2, 0.25) is 5.75 Å². The zero-order valence-electron chi connectivity index (χ0n) is 22.8. The van der Waals surface area contributed by atoms with Gasteiger partial charge in [-0.3, -0.25) is 14.4 Å². The number of methoxy groups -OCH3 is 1. The summed E-state index contributed by atoms with van der Waals surface area (Å²) in [5, 5.41) is 0. The topological polar surface area (TPSA) is 101 Å². The van der Waals surface area contributed by atoms with Gasteiger partial charge in [0.15, 0.2) is 17.2 Å². The quantitative estimate of drug-likeness (QED) is 0.205. The Bertz CT molecular complexity index is 1230. The number of hydrogen-bond acceptors (Lipinski definition) is 8. The molecule has 0 N–H and O–H groups in total. The first-order chi connectivity index (χ1) is 18.8. The summed E-state index contributed by atoms with van der Waals surface area (Å²) in [5.41, 5.74) is 2.10. The van der Waals surface area contributed by atoms with Crippen molar-refractivity contribution in [3.63, 3.8) is 0 Å². The minimum Gasteiger partial charge on any atom is -0.493 e. The molecule has 39 heavy (non-hydrogen) atoms. The number of carbonyl (C=O) groups excluding carboxylic acids is 3. The first-order valence-corrected chi connectivity index (χ1v) is 12.9. The molecule has 0 amide bonds. The fraction of sp³-hybridized carbons (Fsp3) is 0.355. The van der Waals surface area contributed by atoms with Crippen molar-refractivity contribution in [3.05, 3.63) is 89.7 Å². The van der Waals surface area contributed by atoms with Crippen molar-refractivity contribution in [3.8, 4) is 11.5 Å². The van der Waals surface area contributed by atoms with Crippen LogP contribution >= 0.6 is 0 Å². The summed E-state index contributed by atoms with van der Waals surface area (Å²) < 4.78 is 22.2. The van der Waals surface area contributed by atoms with Gasteiger partial charge in [-0.2, -0.15) is 0 Å². The Morgan fingerprint density at radius 1 is 0.897 bits per heavy atom. The summed E-state index contributed by atoms with van der Waals surface area (Å²) in [6.45, 7) is 5.53. The summed E-state index contributed by atoms with van der Waals surface area (Å²) in [4.78, 5) is 41.7. The van der Waals surface area contributed by atoms with E-state index < -0.39 is 29.7 Å². The van der Waals surface area contributed by atoms with Crippen LogP contribution in [-0.2, 0) is 32.1 Å². The molecule has 0 aliphatic heterocycles. The standard InChI is InChI=1S/C31H35NO7/c1-21(17-27(34)29-30(39-23(3)33)28(36-4)15-16-32-29)31(35)38-22(2)26(18-24-11-7-5-8-12-24)20-37-19-25-13-9-6-10-14-25/h5-16,21-22,26H,17-20H2,1-4H3/t21-,22+,26-/m1/s1. The zero-order valence-corrected chi connectivity index (χ0v) is 22.8. The molecule has 2 aromatic carbocycles. The van der Waals surface area contributed by atoms with Crippen molar-refractivity contribution >= 4 is 17.7 Å². The van der Waals surface area contributed by atoms with E-state index in [4.69, 9.17) is 18.9 Å². The highest BCUT2D eigenvalue weighted by Crippen LogP contribution is 2.31. The van der Waals surface area contributed by atoms with Crippen LogP contribution in [0.2, 0.25) is 0 Å². The summed E-state index contributed by atoms with van der Waals surface area (Å²) in [7, 11) is 1.40. The van der Waals surface area contributed by atoms with Crippen LogP contribution in [-0.4, -0.2) is 42.5 Å². The largest absolute Gasteiger partial charge is 0.493 e. The molecular formula is C31H35NO7. The maximum Gasteiger partial charge on any atom is 0.309 e. The lowest BCUT2D eigenvalue weighted by molar-refractivity contribution is -0.156. The smallest absolute Gasteiger partial charge is 0.309 e. The van der Waals surface area contributed by atoms with Crippen molar-refractivity contribution in [1.29, 1.82) is 0 Å². The highest BCUT2D eigenvalue weighted by molar-refractivity contribution is 5.99. The van der Waals surface area contributed by atoms with Crippen LogP contribution < -0.4 is 9.47 Å². The highest BCUT2D eigenvalue weighted by atomic mass is 16.6. The molecule has 0 aliphatic carbocycles. The Balaban J connectivity index is 1.65. The third-order valence-corrected chi connectivity index (χ3v) is 6.24. The molecule has 0 spiro atoms. The lowest BCUT2D eigenvalue weighted by Crippen LogP contribution is -2.32. The number of aromatic nitrogens is 1. The number of hydrogen-bond donors (Lipinski definition) is 0. The van der Waals surface area contributed by atoms with Crippen LogP contribution in [0.15, 0.2) is 72.9 Å². The Morgan fingerprint density at radius 2 is 1.54 bits per heavy atom. The van der Waals surface area contributed by atoms with E-state index in [2.05, 4.69) is 4.98 Å². The number of carbonyl (C=O) groups is 3. The molecule has 3 atom stereocenters. The van der Waals surface area contributed by atoms with Gasteiger partial charge in [0.1, 0.15) is 6.10 Å². The summed E-state index contributed by atoms with van der Waals surface area (Å²) in [6.07, 6.45) is 1.41. The van der Waals surface area contributed by atoms with E-state index in [-0.39, 0.29) is 29.5 Å². The van der Waals surface area contributed by atoms with Gasteiger partial charge in [-0.1, -0.05) is 67.6 Å². The number of Topliss-reactive ketones (excluding diaryl/α,β-unsaturated/α-hetero) is 1. The second kappa shape index (κ2) is 14.8. The van der Waals surface area contributed by atoms with Gasteiger partial charge in [-0.25, -0.2) is 4.98 Å². The second-order valence-corrected chi connectivity index (χ2v) is 9.41. The number of nitrogens with zero attached hydrogens (tertiary/aromatic N) is 1. The monoisotopic (exact) mass is 533 g/mol. The van der Waals surface area contributed by atoms with E-state index in [1.165, 1.54) is 26.3 Å². The molecule has 3 rings (SSSR count). The van der Waals surface area contributed by atoms with Crippen LogP contribution in [0.3, 0.4) is 0 Å². The van der Waals surface area contributed by atoms with Gasteiger partial charge in [0, 0.05) is 31.5 Å². The van der Waals surface area contributed by atoms with E-state index in [0.29, 0.717) is 19.6 Å². The van der Waals surface area contributed by atoms with Crippen LogP contribution in [0, 0.1) is 11.8 Å². The van der Waals surface area contributed by atoms with E-state index >= 15 is 0 Å². The molecule has 0 radical (unpaired) electrons. The van der Waals surface area contributed by atoms with E-state index in [9.17, 15) is 14.4 Å². The first-order valence-electron chi connectivity index (χ1n) is 12.9. The van der Waals surface area contributed by atoms with Gasteiger partial charge in [0.25, 0.3) is 0 Å². The molecule has 1 aromatic heterocycles. The van der Waals surface area contributed by atoms with E-state index in [0.717, 1.165) is 11.1 Å². The van der Waals surface area contributed by atoms with Crippen molar-refractivity contribution in [2.45, 2.75) is 46.3 Å². The molecule has 0 saturated carbocycles. The molecule has 3 aromatic rings. The Labute approximate surface area is 229 Å². The summed E-state index contributed by atoms with van der Waals surface area (Å²) >= 11 is 0. The number of esters is 2. The molecule has 0 bridgehead atoms. The Hall–Kier alpha value is -4.04. The van der Waals surface area contributed by atoms with Crippen molar-refractivity contribution < 1.29 is 33.3 Å². The number of benzene rings is 2. The highest BCUT2D eigenvalue weighted by Gasteiger charge is 2.28. The zero-order chi connectivity index (χ0) is 28.2. The maximum absolute atomic E-state index is 13.0. The van der Waals surface area contributed by atoms with Gasteiger partial charge < -0.3 is 18.9 Å². The number of rotatable bonds is 14. The number of ketones is 1. The fourth-order valence-electron chi connectivity index (χ4n) is 4.07. The summed E-state index contributed by atoms with van der Waals surface area (Å²) in [6, 6.07) is 21.3. The fourth-order valence-corrected chi connectivity index (χ4v) is 4.07. The lowest BCUT2D eigenvalue weighted by Gasteiger charge is -2.25. The minimum absolute atomic E-state index is 0.0649. The average molecular weight is 534 g/mol. The predicted octanol–water partition coefficient (Wildman–Crippen LogP) is 5.23. The molecule has 1 heterocycles. The molecular weight excluding hydrogens is 498 g/mol. The SMILES string of the molecule is COc1ccnc(C(=O)C[C@@H](C)C(=O)O[C@@H](C)[C@@H](COCc2ccccc2)Cc2ccccc2)c1OC(C)=O. The molecule has 0 unspecified atom stereocenters. The van der Waals surface area contributed by atoms with E-state index in [1.807, 2.05) is 67.6 Å². The molecule has 8 heteroatoms. The van der Waals surface area contributed by atoms with Crippen LogP contribution in [0.1, 0.15) is 48.8 Å². The molecule has 0 aliphatic rings. The van der Waals surface area contributed by atoms with Gasteiger partial charge in [0.05, 0.1) is 26.2 Å². The normalized spacial score (nSPS) is 13.1. The van der Waals surface area contributed by atoms with Crippen LogP contribution in [0.25, 0.3) is 0 Å². The maximum atomic E-state index is 13.0. The Morgan fingerprint density at radius 3 is 2.15 bits per heavy atom. The number of ether oxygens (including phenoxy) is 4. The van der Waals surface area contributed by atoms with Gasteiger partial charge in [-0.05, 0) is 24.5 Å². The van der Waals surface area contributed by atoms with Crippen molar-refractivity contribution in [1.82, 2.24) is 4.98 Å². The second-order valence-electron chi connectivity index (χ2n) is 9.41. The van der Waals surface area contributed by atoms with Crippen molar-refractivity contribution in [2.75, 3.05) is 13.7 Å². The number of pyridine rings is 1. The minimum atomic E-state index is -0.749. The lowest BCUT2D eigenvalue weighted by atomic mass is 9.95. The summed E-state index contributed by atoms with van der Waals surface area (Å²) in [5.74, 6) is -2.30. The molecule has 0 fully saturated rings. The first kappa shape index (κ1) is 29.5. The molecule has 8 nitrogen and oxygen atoms in total. The third kappa shape index (κ3) is 9.04. The predicted molar refractivity (Wildman–Crippen MR) is 145 cm³/mol. The third-order valence-electron chi connectivity index (χ3n) is 6.24. The van der Waals surface area contributed by atoms with Crippen LogP contribution in [0.5, 0.6) is 11.5 Å². The van der Waals surface area contributed by atoms with Crippen LogP contribution in [0.4, 0.5) is 0 Å². The van der Waals surface area contributed by atoms with Gasteiger partial charge >= 0.3 is 11.9 Å². The molecule has 0 saturated heterocycles. The van der Waals surface area contributed by atoms with Gasteiger partial charge in [-0.15, -0.1) is 0 Å². The average Bonchev–Trinajstić information content (AvgIpc) is 2.93.